The van der Waals surface area contributed by atoms with Crippen molar-refractivity contribution in [1.82, 2.24) is 0 Å². The molecular weight excluding hydrogens is 298 g/mol. The molecule has 24 heavy (non-hydrogen) atoms. The van der Waals surface area contributed by atoms with Crippen LogP contribution in [0.4, 0.5) is 11.4 Å². The van der Waals surface area contributed by atoms with Crippen LogP contribution >= 0.6 is 0 Å². The lowest BCUT2D eigenvalue weighted by Gasteiger charge is -2.37. The number of hydrogen-bond donors (Lipinski definition) is 1. The number of anilines is 2. The molecular formula is C20H21N3O. The van der Waals surface area contributed by atoms with Gasteiger partial charge >= 0.3 is 0 Å². The van der Waals surface area contributed by atoms with Gasteiger partial charge in [0.1, 0.15) is 0 Å². The van der Waals surface area contributed by atoms with Crippen molar-refractivity contribution in [2.45, 2.75) is 38.6 Å². The monoisotopic (exact) mass is 319 g/mol. The number of benzene rings is 2. The SMILES string of the molecule is CC1=NN(c2ccccc2C)C(=O)C12Nc1ccccc1C2(C)C. The number of fused-ring (bicyclic) bond motifs is 1. The third-order valence-corrected chi connectivity index (χ3v) is 5.51. The summed E-state index contributed by atoms with van der Waals surface area (Å²) >= 11 is 0. The van der Waals surface area contributed by atoms with E-state index in [0.29, 0.717) is 0 Å². The Balaban J connectivity index is 1.86. The van der Waals surface area contributed by atoms with Crippen LogP contribution in [-0.4, -0.2) is 17.2 Å². The Labute approximate surface area is 142 Å². The Kier molecular flexibility index (Phi) is 2.92. The van der Waals surface area contributed by atoms with E-state index in [2.05, 4.69) is 30.3 Å². The standard InChI is InChI=1S/C20H21N3O/c1-13-9-5-8-12-17(13)23-18(24)20(14(2)22-23)19(3,4)15-10-6-7-11-16(15)21-20/h5-12,21H,1-4H3. The summed E-state index contributed by atoms with van der Waals surface area (Å²) in [5.41, 5.74) is 3.62. The highest BCUT2D eigenvalue weighted by Gasteiger charge is 2.63. The fourth-order valence-electron chi connectivity index (χ4n) is 4.11. The number of rotatable bonds is 1. The summed E-state index contributed by atoms with van der Waals surface area (Å²) in [6, 6.07) is 16.0. The molecule has 0 aromatic heterocycles. The molecule has 1 N–H and O–H groups in total. The molecule has 0 aliphatic carbocycles. The molecule has 0 bridgehead atoms. The Morgan fingerprint density at radius 3 is 2.38 bits per heavy atom. The van der Waals surface area contributed by atoms with Crippen molar-refractivity contribution in [2.24, 2.45) is 5.10 Å². The van der Waals surface area contributed by atoms with Gasteiger partial charge in [-0.2, -0.15) is 10.1 Å². The smallest absolute Gasteiger partial charge is 0.279 e. The Morgan fingerprint density at radius 2 is 1.67 bits per heavy atom. The maximum absolute atomic E-state index is 13.5. The van der Waals surface area contributed by atoms with E-state index in [1.54, 1.807) is 5.01 Å². The quantitative estimate of drug-likeness (QED) is 0.867. The average molecular weight is 319 g/mol. The molecule has 2 aliphatic rings. The van der Waals surface area contributed by atoms with Gasteiger partial charge in [0.15, 0.2) is 5.54 Å². The topological polar surface area (TPSA) is 44.7 Å². The number of aryl methyl sites for hydroxylation is 1. The van der Waals surface area contributed by atoms with Crippen molar-refractivity contribution in [1.29, 1.82) is 0 Å². The van der Waals surface area contributed by atoms with E-state index in [4.69, 9.17) is 0 Å². The molecule has 4 heteroatoms. The van der Waals surface area contributed by atoms with Crippen molar-refractivity contribution in [3.8, 4) is 0 Å². The molecule has 1 amide bonds. The van der Waals surface area contributed by atoms with Crippen LogP contribution in [0.15, 0.2) is 53.6 Å². The van der Waals surface area contributed by atoms with Crippen LogP contribution in [0.5, 0.6) is 0 Å². The van der Waals surface area contributed by atoms with Gasteiger partial charge in [0, 0.05) is 11.1 Å². The molecule has 1 spiro atoms. The fourth-order valence-corrected chi connectivity index (χ4v) is 4.11. The van der Waals surface area contributed by atoms with Crippen molar-refractivity contribution >= 4 is 23.0 Å². The highest BCUT2D eigenvalue weighted by molar-refractivity contribution is 6.26. The van der Waals surface area contributed by atoms with Crippen LogP contribution < -0.4 is 10.3 Å². The first-order valence-electron chi connectivity index (χ1n) is 8.23. The molecule has 2 heterocycles. The largest absolute Gasteiger partial charge is 0.366 e. The highest BCUT2D eigenvalue weighted by Crippen LogP contribution is 2.51. The van der Waals surface area contributed by atoms with Crippen LogP contribution in [0, 0.1) is 6.92 Å². The van der Waals surface area contributed by atoms with E-state index in [0.717, 1.165) is 28.2 Å². The first-order valence-corrected chi connectivity index (χ1v) is 8.23. The molecule has 2 aromatic rings. The number of para-hydroxylation sites is 2. The number of amides is 1. The van der Waals surface area contributed by atoms with Crippen LogP contribution in [0.1, 0.15) is 31.9 Å². The molecule has 2 aliphatic heterocycles. The zero-order valence-electron chi connectivity index (χ0n) is 14.4. The molecule has 0 radical (unpaired) electrons. The van der Waals surface area contributed by atoms with E-state index in [1.807, 2.05) is 56.3 Å². The highest BCUT2D eigenvalue weighted by atomic mass is 16.2. The molecule has 1 atom stereocenters. The number of nitrogens with one attached hydrogen (secondary N) is 1. The molecule has 4 rings (SSSR count). The fraction of sp³-hybridized carbons (Fsp3) is 0.300. The summed E-state index contributed by atoms with van der Waals surface area (Å²) < 4.78 is 0. The molecule has 2 aromatic carbocycles. The van der Waals surface area contributed by atoms with Gasteiger partial charge in [-0.05, 0) is 37.1 Å². The van der Waals surface area contributed by atoms with E-state index in [1.165, 1.54) is 0 Å². The molecule has 0 saturated carbocycles. The summed E-state index contributed by atoms with van der Waals surface area (Å²) in [6.45, 7) is 8.17. The van der Waals surface area contributed by atoms with Crippen molar-refractivity contribution in [2.75, 3.05) is 10.3 Å². The first kappa shape index (κ1) is 14.9. The van der Waals surface area contributed by atoms with Gasteiger partial charge in [0.05, 0.1) is 11.4 Å². The zero-order chi connectivity index (χ0) is 17.1. The minimum atomic E-state index is -0.834. The summed E-state index contributed by atoms with van der Waals surface area (Å²) in [6.07, 6.45) is 0. The summed E-state index contributed by atoms with van der Waals surface area (Å²) in [5.74, 6) is -0.0181. The predicted octanol–water partition coefficient (Wildman–Crippen LogP) is 3.86. The minimum absolute atomic E-state index is 0.0181. The first-order chi connectivity index (χ1) is 11.4. The Hall–Kier alpha value is -2.62. The van der Waals surface area contributed by atoms with Gasteiger partial charge in [-0.1, -0.05) is 50.2 Å². The van der Waals surface area contributed by atoms with Gasteiger partial charge in [-0.25, -0.2) is 0 Å². The van der Waals surface area contributed by atoms with E-state index >= 15 is 0 Å². The van der Waals surface area contributed by atoms with Crippen molar-refractivity contribution < 1.29 is 4.79 Å². The molecule has 4 nitrogen and oxygen atoms in total. The lowest BCUT2D eigenvalue weighted by molar-refractivity contribution is -0.121. The predicted molar refractivity (Wildman–Crippen MR) is 97.6 cm³/mol. The van der Waals surface area contributed by atoms with Gasteiger partial charge in [-0.3, -0.25) is 4.79 Å². The number of carbonyl (C=O) groups excluding carboxylic acids is 1. The summed E-state index contributed by atoms with van der Waals surface area (Å²) in [7, 11) is 0. The van der Waals surface area contributed by atoms with E-state index < -0.39 is 5.54 Å². The third-order valence-electron chi connectivity index (χ3n) is 5.51. The van der Waals surface area contributed by atoms with Gasteiger partial charge in [0.2, 0.25) is 0 Å². The lowest BCUT2D eigenvalue weighted by Crippen LogP contribution is -2.60. The second kappa shape index (κ2) is 4.69. The Bertz CT molecular complexity index is 884. The Morgan fingerprint density at radius 1 is 1.00 bits per heavy atom. The number of hydrogen-bond acceptors (Lipinski definition) is 3. The van der Waals surface area contributed by atoms with Gasteiger partial charge < -0.3 is 5.32 Å². The van der Waals surface area contributed by atoms with Crippen LogP contribution in [0.3, 0.4) is 0 Å². The second-order valence-electron chi connectivity index (χ2n) is 7.13. The minimum Gasteiger partial charge on any atom is -0.366 e. The molecule has 122 valence electrons. The van der Waals surface area contributed by atoms with Crippen LogP contribution in [0.25, 0.3) is 0 Å². The lowest BCUT2D eigenvalue weighted by atomic mass is 9.68. The summed E-state index contributed by atoms with van der Waals surface area (Å²) in [4.78, 5) is 13.5. The number of carbonyl (C=O) groups is 1. The van der Waals surface area contributed by atoms with E-state index in [9.17, 15) is 4.79 Å². The maximum atomic E-state index is 13.5. The zero-order valence-corrected chi connectivity index (χ0v) is 14.4. The van der Waals surface area contributed by atoms with Crippen molar-refractivity contribution in [3.63, 3.8) is 0 Å². The normalized spacial score (nSPS) is 24.1. The van der Waals surface area contributed by atoms with Crippen molar-refractivity contribution in [3.05, 3.63) is 59.7 Å². The number of hydrazone groups is 1. The molecule has 1 unspecified atom stereocenters. The summed E-state index contributed by atoms with van der Waals surface area (Å²) in [5, 5.41) is 9.71. The molecule has 0 saturated heterocycles. The maximum Gasteiger partial charge on any atom is 0.279 e. The van der Waals surface area contributed by atoms with E-state index in [-0.39, 0.29) is 11.3 Å². The molecule has 0 fully saturated rings. The second-order valence-corrected chi connectivity index (χ2v) is 7.13. The van der Waals surface area contributed by atoms with Crippen LogP contribution in [0.2, 0.25) is 0 Å². The van der Waals surface area contributed by atoms with Gasteiger partial charge in [-0.15, -0.1) is 0 Å². The van der Waals surface area contributed by atoms with Gasteiger partial charge in [0.25, 0.3) is 5.91 Å². The third kappa shape index (κ3) is 1.63. The van der Waals surface area contributed by atoms with Crippen LogP contribution in [-0.2, 0) is 10.2 Å². The number of nitrogens with zero attached hydrogens (tertiary/aromatic N) is 2. The average Bonchev–Trinajstić information content (AvgIpc) is 2.95.